The molecule has 2 rings (SSSR count). The normalized spacial score (nSPS) is 15.8. The van der Waals surface area contributed by atoms with Crippen molar-refractivity contribution in [2.24, 2.45) is 0 Å². The number of nitrogens with one attached hydrogen (secondary N) is 1. The van der Waals surface area contributed by atoms with E-state index in [1.807, 2.05) is 19.1 Å². The van der Waals surface area contributed by atoms with E-state index in [0.29, 0.717) is 5.69 Å². The Balaban J connectivity index is 2.48. The first-order chi connectivity index (χ1) is 7.11. The number of hydrogen-bond donors (Lipinski definition) is 1. The van der Waals surface area contributed by atoms with Gasteiger partial charge in [-0.25, -0.2) is 4.90 Å². The summed E-state index contributed by atoms with van der Waals surface area (Å²) < 4.78 is 0. The van der Waals surface area contributed by atoms with Gasteiger partial charge in [-0.05, 0) is 30.8 Å². The van der Waals surface area contributed by atoms with Crippen LogP contribution < -0.4 is 10.2 Å². The van der Waals surface area contributed by atoms with Gasteiger partial charge in [0, 0.05) is 0 Å². The summed E-state index contributed by atoms with van der Waals surface area (Å²) in [5.41, 5.74) is 1.54. The summed E-state index contributed by atoms with van der Waals surface area (Å²) in [6.07, 6.45) is 0. The average molecular weight is 220 g/mol. The average Bonchev–Trinajstić information content (AvgIpc) is 2.43. The molecular formula is C10H8N2O2S. The van der Waals surface area contributed by atoms with Crippen LogP contribution in [-0.2, 0) is 9.59 Å². The van der Waals surface area contributed by atoms with Crippen LogP contribution in [0.3, 0.4) is 0 Å². The molecule has 5 heteroatoms. The minimum atomic E-state index is -0.678. The van der Waals surface area contributed by atoms with E-state index in [2.05, 4.69) is 5.32 Å². The van der Waals surface area contributed by atoms with Gasteiger partial charge in [-0.3, -0.25) is 14.9 Å². The van der Waals surface area contributed by atoms with Crippen LogP contribution in [0.1, 0.15) is 5.56 Å². The van der Waals surface area contributed by atoms with Gasteiger partial charge in [-0.1, -0.05) is 18.2 Å². The number of thiocarbonyl (C=S) groups is 1. The molecule has 4 nitrogen and oxygen atoms in total. The molecule has 1 heterocycles. The van der Waals surface area contributed by atoms with E-state index in [-0.39, 0.29) is 5.11 Å². The molecule has 0 spiro atoms. The van der Waals surface area contributed by atoms with Gasteiger partial charge in [0.05, 0.1) is 5.69 Å². The number of benzene rings is 1. The third-order valence-corrected chi connectivity index (χ3v) is 2.46. The standard InChI is InChI=1S/C10H8N2O2S/c1-6-4-2-3-5-7(6)12-9(14)8(13)11-10(12)15/h2-5H,1H3,(H,11,13,15). The molecule has 1 aliphatic heterocycles. The van der Waals surface area contributed by atoms with Crippen molar-refractivity contribution in [2.45, 2.75) is 6.92 Å². The minimum absolute atomic E-state index is 0.138. The van der Waals surface area contributed by atoms with Crippen molar-refractivity contribution in [3.05, 3.63) is 29.8 Å². The van der Waals surface area contributed by atoms with Crippen LogP contribution in [0.4, 0.5) is 5.69 Å². The zero-order valence-electron chi connectivity index (χ0n) is 7.98. The van der Waals surface area contributed by atoms with Crippen molar-refractivity contribution in [3.8, 4) is 0 Å². The van der Waals surface area contributed by atoms with Gasteiger partial charge < -0.3 is 0 Å². The second kappa shape index (κ2) is 3.43. The van der Waals surface area contributed by atoms with Crippen LogP contribution in [0.25, 0.3) is 0 Å². The lowest BCUT2D eigenvalue weighted by Gasteiger charge is -2.15. The maximum absolute atomic E-state index is 11.5. The van der Waals surface area contributed by atoms with E-state index in [1.54, 1.807) is 12.1 Å². The highest BCUT2D eigenvalue weighted by Gasteiger charge is 2.35. The molecule has 1 aromatic carbocycles. The fraction of sp³-hybridized carbons (Fsp3) is 0.100. The second-order valence-electron chi connectivity index (χ2n) is 3.19. The highest BCUT2D eigenvalue weighted by Crippen LogP contribution is 2.21. The number of anilines is 1. The van der Waals surface area contributed by atoms with Gasteiger partial charge in [0.2, 0.25) is 0 Å². The lowest BCUT2D eigenvalue weighted by Crippen LogP contribution is -2.31. The predicted octanol–water partition coefficient (Wildman–Crippen LogP) is 0.743. The molecule has 0 aromatic heterocycles. The number of aryl methyl sites for hydroxylation is 1. The van der Waals surface area contributed by atoms with E-state index in [1.165, 1.54) is 4.90 Å². The fourth-order valence-corrected chi connectivity index (χ4v) is 1.71. The predicted molar refractivity (Wildman–Crippen MR) is 59.4 cm³/mol. The molecule has 0 atom stereocenters. The number of rotatable bonds is 1. The molecule has 15 heavy (non-hydrogen) atoms. The molecule has 0 radical (unpaired) electrons. The maximum Gasteiger partial charge on any atom is 0.323 e. The van der Waals surface area contributed by atoms with Crippen molar-refractivity contribution in [2.75, 3.05) is 4.90 Å². The SMILES string of the molecule is Cc1ccccc1N1C(=O)C(=O)NC1=S. The summed E-state index contributed by atoms with van der Waals surface area (Å²) in [6.45, 7) is 1.86. The molecule has 1 aliphatic rings. The smallest absolute Gasteiger partial charge is 0.294 e. The van der Waals surface area contributed by atoms with Gasteiger partial charge in [0.15, 0.2) is 5.11 Å². The zero-order valence-corrected chi connectivity index (χ0v) is 8.80. The van der Waals surface area contributed by atoms with Crippen LogP contribution >= 0.6 is 12.2 Å². The molecule has 1 N–H and O–H groups in total. The number of para-hydroxylation sites is 1. The van der Waals surface area contributed by atoms with Crippen LogP contribution in [0.5, 0.6) is 0 Å². The highest BCUT2D eigenvalue weighted by atomic mass is 32.1. The Hall–Kier alpha value is -1.75. The van der Waals surface area contributed by atoms with E-state index >= 15 is 0 Å². The largest absolute Gasteiger partial charge is 0.323 e. The molecular weight excluding hydrogens is 212 g/mol. The van der Waals surface area contributed by atoms with Crippen molar-refractivity contribution in [1.29, 1.82) is 0 Å². The van der Waals surface area contributed by atoms with Crippen LogP contribution in [-0.4, -0.2) is 16.9 Å². The quantitative estimate of drug-likeness (QED) is 0.561. The first-order valence-corrected chi connectivity index (χ1v) is 4.77. The number of carbonyl (C=O) groups is 2. The maximum atomic E-state index is 11.5. The number of carbonyl (C=O) groups excluding carboxylic acids is 2. The summed E-state index contributed by atoms with van der Waals surface area (Å²) >= 11 is 4.91. The van der Waals surface area contributed by atoms with Gasteiger partial charge >= 0.3 is 11.8 Å². The molecule has 1 fully saturated rings. The Morgan fingerprint density at radius 2 is 1.93 bits per heavy atom. The number of hydrogen-bond acceptors (Lipinski definition) is 3. The van der Waals surface area contributed by atoms with Crippen molar-refractivity contribution in [1.82, 2.24) is 5.32 Å². The molecule has 0 unspecified atom stereocenters. The molecule has 76 valence electrons. The summed E-state index contributed by atoms with van der Waals surface area (Å²) in [6, 6.07) is 7.26. The molecule has 0 bridgehead atoms. The fourth-order valence-electron chi connectivity index (χ4n) is 1.43. The lowest BCUT2D eigenvalue weighted by molar-refractivity contribution is -0.134. The zero-order chi connectivity index (χ0) is 11.0. The summed E-state index contributed by atoms with van der Waals surface area (Å²) in [5, 5.41) is 2.45. The Kier molecular flexibility index (Phi) is 2.24. The Bertz CT molecular complexity index is 470. The van der Waals surface area contributed by atoms with E-state index in [9.17, 15) is 9.59 Å². The summed E-state index contributed by atoms with van der Waals surface area (Å²) in [4.78, 5) is 23.8. The van der Waals surface area contributed by atoms with Gasteiger partial charge in [0.25, 0.3) is 0 Å². The topological polar surface area (TPSA) is 49.4 Å². The molecule has 0 saturated carbocycles. The van der Waals surface area contributed by atoms with Crippen molar-refractivity contribution < 1.29 is 9.59 Å². The molecule has 0 aliphatic carbocycles. The van der Waals surface area contributed by atoms with E-state index in [0.717, 1.165) is 5.56 Å². The molecule has 1 saturated heterocycles. The number of amides is 2. The van der Waals surface area contributed by atoms with E-state index < -0.39 is 11.8 Å². The third kappa shape index (κ3) is 1.50. The third-order valence-electron chi connectivity index (χ3n) is 2.18. The highest BCUT2D eigenvalue weighted by molar-refractivity contribution is 7.80. The molecule has 1 aromatic rings. The Morgan fingerprint density at radius 1 is 1.27 bits per heavy atom. The monoisotopic (exact) mass is 220 g/mol. The minimum Gasteiger partial charge on any atom is -0.294 e. The summed E-state index contributed by atoms with van der Waals surface area (Å²) in [7, 11) is 0. The van der Waals surface area contributed by atoms with Crippen molar-refractivity contribution in [3.63, 3.8) is 0 Å². The first kappa shape index (κ1) is 9.79. The second-order valence-corrected chi connectivity index (χ2v) is 3.57. The van der Waals surface area contributed by atoms with E-state index in [4.69, 9.17) is 12.2 Å². The molecule has 2 amide bonds. The van der Waals surface area contributed by atoms with Crippen molar-refractivity contribution >= 4 is 34.8 Å². The van der Waals surface area contributed by atoms with Crippen LogP contribution in [0.2, 0.25) is 0 Å². The van der Waals surface area contributed by atoms with Gasteiger partial charge in [-0.2, -0.15) is 0 Å². The van der Waals surface area contributed by atoms with Crippen LogP contribution in [0, 0.1) is 6.92 Å². The Morgan fingerprint density at radius 3 is 2.47 bits per heavy atom. The Labute approximate surface area is 91.9 Å². The lowest BCUT2D eigenvalue weighted by atomic mass is 10.2. The number of nitrogens with zero attached hydrogens (tertiary/aromatic N) is 1. The first-order valence-electron chi connectivity index (χ1n) is 4.36. The van der Waals surface area contributed by atoms with Gasteiger partial charge in [-0.15, -0.1) is 0 Å². The summed E-state index contributed by atoms with van der Waals surface area (Å²) in [5.74, 6) is -1.31. The van der Waals surface area contributed by atoms with Gasteiger partial charge in [0.1, 0.15) is 0 Å². The van der Waals surface area contributed by atoms with Crippen LogP contribution in [0.15, 0.2) is 24.3 Å².